The van der Waals surface area contributed by atoms with Gasteiger partial charge in [-0.1, -0.05) is 18.2 Å². The van der Waals surface area contributed by atoms with Crippen molar-refractivity contribution in [3.05, 3.63) is 69.2 Å². The van der Waals surface area contributed by atoms with E-state index in [0.717, 1.165) is 37.3 Å². The number of hydrogen-bond donors (Lipinski definition) is 1. The van der Waals surface area contributed by atoms with E-state index in [4.69, 9.17) is 0 Å². The van der Waals surface area contributed by atoms with Crippen LogP contribution in [0.2, 0.25) is 0 Å². The minimum Gasteiger partial charge on any atom is -0.297 e. The molecule has 4 aromatic rings. The molecule has 0 fully saturated rings. The van der Waals surface area contributed by atoms with E-state index in [0.29, 0.717) is 0 Å². The van der Waals surface area contributed by atoms with Crippen molar-refractivity contribution >= 4 is 51.2 Å². The third kappa shape index (κ3) is 3.09. The van der Waals surface area contributed by atoms with Crippen molar-refractivity contribution < 1.29 is 0 Å². The largest absolute Gasteiger partial charge is 0.297 e. The highest BCUT2D eigenvalue weighted by Gasteiger charge is 2.07. The van der Waals surface area contributed by atoms with Crippen molar-refractivity contribution in [2.24, 2.45) is 5.10 Å². The number of fused-ring (bicyclic) bond motifs is 2. The van der Waals surface area contributed by atoms with Gasteiger partial charge < -0.3 is 0 Å². The molecule has 0 unspecified atom stereocenters. The van der Waals surface area contributed by atoms with Crippen LogP contribution >= 0.6 is 22.6 Å². The molecule has 124 valence electrons. The molecule has 0 aliphatic heterocycles. The maximum atomic E-state index is 4.61. The Balaban J connectivity index is 1.65. The average molecular weight is 441 g/mol. The molecule has 0 bridgehead atoms. The molecule has 5 nitrogen and oxygen atoms in total. The van der Waals surface area contributed by atoms with Gasteiger partial charge in [0, 0.05) is 15.2 Å². The number of imidazole rings is 1. The Morgan fingerprint density at radius 2 is 1.96 bits per heavy atom. The van der Waals surface area contributed by atoms with Crippen molar-refractivity contribution in [2.45, 2.75) is 13.8 Å². The van der Waals surface area contributed by atoms with Crippen molar-refractivity contribution in [2.75, 3.05) is 5.43 Å². The molecule has 3 aromatic heterocycles. The Bertz CT molecular complexity index is 1110. The van der Waals surface area contributed by atoms with E-state index in [9.17, 15) is 0 Å². The van der Waals surface area contributed by atoms with Gasteiger partial charge in [0.15, 0.2) is 0 Å². The Labute approximate surface area is 158 Å². The molecule has 0 aliphatic carbocycles. The maximum absolute atomic E-state index is 4.61. The van der Waals surface area contributed by atoms with Gasteiger partial charge in [0.05, 0.1) is 23.1 Å². The van der Waals surface area contributed by atoms with E-state index in [1.54, 1.807) is 6.21 Å². The van der Waals surface area contributed by atoms with Crippen LogP contribution in [0.1, 0.15) is 17.0 Å². The van der Waals surface area contributed by atoms with E-state index in [1.807, 2.05) is 47.7 Å². The summed E-state index contributed by atoms with van der Waals surface area (Å²) in [5.41, 5.74) is 7.98. The zero-order valence-electron chi connectivity index (χ0n) is 13.9. The van der Waals surface area contributed by atoms with E-state index in [2.05, 4.69) is 62.3 Å². The van der Waals surface area contributed by atoms with Crippen LogP contribution in [0.4, 0.5) is 5.82 Å². The van der Waals surface area contributed by atoms with Gasteiger partial charge in [-0.2, -0.15) is 5.10 Å². The van der Waals surface area contributed by atoms with E-state index in [1.165, 1.54) is 5.56 Å². The smallest absolute Gasteiger partial charge is 0.147 e. The molecule has 25 heavy (non-hydrogen) atoms. The van der Waals surface area contributed by atoms with Crippen molar-refractivity contribution in [3.8, 4) is 0 Å². The van der Waals surface area contributed by atoms with Gasteiger partial charge in [-0.3, -0.25) is 9.83 Å². The van der Waals surface area contributed by atoms with Gasteiger partial charge >= 0.3 is 0 Å². The molecule has 0 atom stereocenters. The number of aryl methyl sites for hydroxylation is 2. The fourth-order valence-electron chi connectivity index (χ4n) is 2.88. The summed E-state index contributed by atoms with van der Waals surface area (Å²) in [6, 6.07) is 14.2. The second-order valence-corrected chi connectivity index (χ2v) is 7.12. The van der Waals surface area contributed by atoms with Crippen LogP contribution in [0, 0.1) is 17.4 Å². The molecule has 1 N–H and O–H groups in total. The number of pyridine rings is 2. The molecule has 0 saturated carbocycles. The Morgan fingerprint density at radius 3 is 2.84 bits per heavy atom. The molecule has 0 aliphatic rings. The first-order chi connectivity index (χ1) is 12.1. The molecule has 3 heterocycles. The number of aromatic nitrogens is 3. The van der Waals surface area contributed by atoms with Gasteiger partial charge in [-0.25, -0.2) is 9.97 Å². The number of hydrazone groups is 1. The summed E-state index contributed by atoms with van der Waals surface area (Å²) in [5.74, 6) is 0.730. The maximum Gasteiger partial charge on any atom is 0.147 e. The first kappa shape index (κ1) is 16.0. The molecule has 6 heteroatoms. The molecule has 0 saturated heterocycles. The summed E-state index contributed by atoms with van der Waals surface area (Å²) < 4.78 is 3.19. The summed E-state index contributed by atoms with van der Waals surface area (Å²) in [5, 5.41) is 5.53. The van der Waals surface area contributed by atoms with Gasteiger partial charge in [0.1, 0.15) is 11.5 Å². The first-order valence-corrected chi connectivity index (χ1v) is 8.99. The van der Waals surface area contributed by atoms with Gasteiger partial charge in [0.25, 0.3) is 0 Å². The lowest BCUT2D eigenvalue weighted by Gasteiger charge is -2.05. The van der Waals surface area contributed by atoms with Crippen LogP contribution in [0.3, 0.4) is 0 Å². The molecule has 4 rings (SSSR count). The molecule has 1 aromatic carbocycles. The number of nitrogens with zero attached hydrogens (tertiary/aromatic N) is 4. The number of nitrogens with one attached hydrogen (secondary N) is 1. The lowest BCUT2D eigenvalue weighted by molar-refractivity contribution is 1.15. The number of hydrogen-bond acceptors (Lipinski definition) is 4. The summed E-state index contributed by atoms with van der Waals surface area (Å²) in [4.78, 5) is 9.17. The Kier molecular flexibility index (Phi) is 4.12. The summed E-state index contributed by atoms with van der Waals surface area (Å²) in [6.07, 6.45) is 3.84. The first-order valence-electron chi connectivity index (χ1n) is 7.91. The van der Waals surface area contributed by atoms with Crippen LogP contribution in [-0.4, -0.2) is 20.6 Å². The number of benzene rings is 1. The Morgan fingerprint density at radius 1 is 1.12 bits per heavy atom. The third-order valence-electron chi connectivity index (χ3n) is 4.09. The van der Waals surface area contributed by atoms with Crippen LogP contribution in [0.15, 0.2) is 53.8 Å². The average Bonchev–Trinajstić information content (AvgIpc) is 2.90. The van der Waals surface area contributed by atoms with E-state index >= 15 is 0 Å². The summed E-state index contributed by atoms with van der Waals surface area (Å²) >= 11 is 2.29. The normalized spacial score (nSPS) is 11.6. The monoisotopic (exact) mass is 441 g/mol. The van der Waals surface area contributed by atoms with Gasteiger partial charge in [-0.15, -0.1) is 0 Å². The molecule has 0 radical (unpaired) electrons. The number of rotatable bonds is 3. The number of anilines is 1. The van der Waals surface area contributed by atoms with E-state index < -0.39 is 0 Å². The zero-order valence-corrected chi connectivity index (χ0v) is 16.0. The fourth-order valence-corrected chi connectivity index (χ4v) is 3.33. The summed E-state index contributed by atoms with van der Waals surface area (Å²) in [6.45, 7) is 4.06. The predicted molar refractivity (Wildman–Crippen MR) is 110 cm³/mol. The quantitative estimate of drug-likeness (QED) is 0.288. The Hall–Kier alpha value is -2.48. The second kappa shape index (κ2) is 6.44. The fraction of sp³-hybridized carbons (Fsp3) is 0.105. The van der Waals surface area contributed by atoms with Crippen LogP contribution in [0.5, 0.6) is 0 Å². The van der Waals surface area contributed by atoms with Crippen molar-refractivity contribution in [3.63, 3.8) is 0 Å². The molecule has 0 amide bonds. The second-order valence-electron chi connectivity index (χ2n) is 5.87. The SMILES string of the molecule is Cc1nc2ccc(I)cn2c1/C=N\Nc1cc(C)c2ccccc2n1. The highest BCUT2D eigenvalue weighted by molar-refractivity contribution is 14.1. The lowest BCUT2D eigenvalue weighted by atomic mass is 10.1. The van der Waals surface area contributed by atoms with Crippen LogP contribution in [0.25, 0.3) is 16.6 Å². The van der Waals surface area contributed by atoms with Crippen molar-refractivity contribution in [1.29, 1.82) is 0 Å². The predicted octanol–water partition coefficient (Wildman–Crippen LogP) is 4.55. The highest BCUT2D eigenvalue weighted by Crippen LogP contribution is 2.20. The number of para-hydroxylation sites is 1. The lowest BCUT2D eigenvalue weighted by Crippen LogP contribution is -1.98. The molecular weight excluding hydrogens is 425 g/mol. The van der Waals surface area contributed by atoms with Crippen LogP contribution in [-0.2, 0) is 0 Å². The van der Waals surface area contributed by atoms with Crippen molar-refractivity contribution in [1.82, 2.24) is 14.4 Å². The number of halogens is 1. The third-order valence-corrected chi connectivity index (χ3v) is 4.73. The minimum absolute atomic E-state index is 0.730. The van der Waals surface area contributed by atoms with Gasteiger partial charge in [0.2, 0.25) is 0 Å². The van der Waals surface area contributed by atoms with Crippen LogP contribution < -0.4 is 5.43 Å². The van der Waals surface area contributed by atoms with E-state index in [-0.39, 0.29) is 0 Å². The standard InChI is InChI=1S/C19H16IN5/c1-12-9-18(23-16-6-4-3-5-15(12)16)24-21-10-17-13(2)22-19-8-7-14(20)11-25(17)19/h3-11H,1-2H3,(H,23,24)/b21-10-. The zero-order chi connectivity index (χ0) is 17.4. The minimum atomic E-state index is 0.730. The summed E-state index contributed by atoms with van der Waals surface area (Å²) in [7, 11) is 0. The molecule has 0 spiro atoms. The highest BCUT2D eigenvalue weighted by atomic mass is 127. The van der Waals surface area contributed by atoms with Gasteiger partial charge in [-0.05, 0) is 66.3 Å². The molecular formula is C19H16IN5. The topological polar surface area (TPSA) is 54.6 Å².